The lowest BCUT2D eigenvalue weighted by Gasteiger charge is -2.13. The Morgan fingerprint density at radius 1 is 1.29 bits per heavy atom. The third-order valence-electron chi connectivity index (χ3n) is 2.96. The Kier molecular flexibility index (Phi) is 4.36. The van der Waals surface area contributed by atoms with E-state index < -0.39 is 15.4 Å². The number of benzene rings is 1. The van der Waals surface area contributed by atoms with Crippen LogP contribution in [-0.2, 0) is 21.9 Å². The minimum absolute atomic E-state index is 0.0670. The van der Waals surface area contributed by atoms with Gasteiger partial charge in [-0.25, -0.2) is 8.42 Å². The highest BCUT2D eigenvalue weighted by atomic mass is 35.5. The molecule has 0 atom stereocenters. The van der Waals surface area contributed by atoms with Crippen molar-refractivity contribution < 1.29 is 8.42 Å². The SMILES string of the molecule is CC(C)(N)c1cn(CCS(=O)(=O)c2ccc(Cl)cc2)nn1. The van der Waals surface area contributed by atoms with Gasteiger partial charge in [0.2, 0.25) is 0 Å². The average Bonchev–Trinajstić information content (AvgIpc) is 2.86. The van der Waals surface area contributed by atoms with Crippen LogP contribution in [0.4, 0.5) is 0 Å². The maximum atomic E-state index is 12.2. The molecule has 0 aliphatic heterocycles. The molecule has 21 heavy (non-hydrogen) atoms. The maximum Gasteiger partial charge on any atom is 0.180 e. The lowest BCUT2D eigenvalue weighted by atomic mass is 10.0. The van der Waals surface area contributed by atoms with E-state index >= 15 is 0 Å². The molecular formula is C13H17ClN4O2S. The second-order valence-electron chi connectivity index (χ2n) is 5.36. The number of hydrogen-bond acceptors (Lipinski definition) is 5. The molecule has 0 spiro atoms. The van der Waals surface area contributed by atoms with Crippen molar-refractivity contribution in [1.29, 1.82) is 0 Å². The van der Waals surface area contributed by atoms with Crippen molar-refractivity contribution in [3.63, 3.8) is 0 Å². The summed E-state index contributed by atoms with van der Waals surface area (Å²) in [6.45, 7) is 3.84. The molecule has 0 amide bonds. The summed E-state index contributed by atoms with van der Waals surface area (Å²) in [5, 5.41) is 8.34. The molecule has 1 aromatic heterocycles. The molecule has 114 valence electrons. The van der Waals surface area contributed by atoms with Crippen LogP contribution in [-0.4, -0.2) is 29.2 Å². The molecule has 0 aliphatic rings. The number of halogens is 1. The summed E-state index contributed by atoms with van der Waals surface area (Å²) in [6, 6.07) is 6.10. The molecule has 0 aliphatic carbocycles. The van der Waals surface area contributed by atoms with Crippen LogP contribution >= 0.6 is 11.6 Å². The monoisotopic (exact) mass is 328 g/mol. The zero-order chi connectivity index (χ0) is 15.7. The number of nitrogens with two attached hydrogens (primary N) is 1. The predicted octanol–water partition coefficient (Wildman–Crippen LogP) is 1.60. The van der Waals surface area contributed by atoms with Crippen molar-refractivity contribution >= 4 is 21.4 Å². The van der Waals surface area contributed by atoms with E-state index in [1.54, 1.807) is 18.3 Å². The van der Waals surface area contributed by atoms with Crippen LogP contribution in [0.1, 0.15) is 19.5 Å². The first-order chi connectivity index (χ1) is 9.68. The van der Waals surface area contributed by atoms with Gasteiger partial charge in [-0.15, -0.1) is 5.10 Å². The van der Waals surface area contributed by atoms with Crippen LogP contribution in [0.2, 0.25) is 5.02 Å². The van der Waals surface area contributed by atoms with Gasteiger partial charge in [-0.3, -0.25) is 4.68 Å². The number of nitrogens with zero attached hydrogens (tertiary/aromatic N) is 3. The van der Waals surface area contributed by atoms with Crippen molar-refractivity contribution in [3.05, 3.63) is 41.2 Å². The predicted molar refractivity (Wildman–Crippen MR) is 80.7 cm³/mol. The van der Waals surface area contributed by atoms with Crippen molar-refractivity contribution in [2.75, 3.05) is 5.75 Å². The first-order valence-electron chi connectivity index (χ1n) is 6.36. The Balaban J connectivity index is 2.08. The van der Waals surface area contributed by atoms with Crippen LogP contribution in [0.5, 0.6) is 0 Å². The third kappa shape index (κ3) is 4.03. The Bertz CT molecular complexity index is 717. The van der Waals surface area contributed by atoms with Crippen LogP contribution in [0, 0.1) is 0 Å². The lowest BCUT2D eigenvalue weighted by molar-refractivity contribution is 0.533. The molecule has 2 N–H and O–H groups in total. The van der Waals surface area contributed by atoms with E-state index in [2.05, 4.69) is 10.3 Å². The van der Waals surface area contributed by atoms with Crippen molar-refractivity contribution in [3.8, 4) is 0 Å². The smallest absolute Gasteiger partial charge is 0.180 e. The van der Waals surface area contributed by atoms with Gasteiger partial charge in [0.05, 0.1) is 28.9 Å². The zero-order valence-corrected chi connectivity index (χ0v) is 13.4. The van der Waals surface area contributed by atoms with Gasteiger partial charge in [-0.2, -0.15) is 0 Å². The number of sulfone groups is 1. The molecule has 1 aromatic carbocycles. The van der Waals surface area contributed by atoms with Crippen molar-refractivity contribution in [2.45, 2.75) is 30.8 Å². The summed E-state index contributed by atoms with van der Waals surface area (Å²) >= 11 is 5.75. The first kappa shape index (κ1) is 15.9. The Hall–Kier alpha value is -1.44. The fourth-order valence-electron chi connectivity index (χ4n) is 1.68. The third-order valence-corrected chi connectivity index (χ3v) is 4.92. The fourth-order valence-corrected chi connectivity index (χ4v) is 3.02. The quantitative estimate of drug-likeness (QED) is 0.900. The number of rotatable bonds is 5. The Labute approximate surface area is 128 Å². The largest absolute Gasteiger partial charge is 0.320 e. The summed E-state index contributed by atoms with van der Waals surface area (Å²) in [5.74, 6) is -0.0670. The molecule has 0 bridgehead atoms. The standard InChI is InChI=1S/C13H17ClN4O2S/c1-13(2,15)12-9-18(17-16-12)7-8-21(19,20)11-5-3-10(14)4-6-11/h3-6,9H,7-8,15H2,1-2H3. The molecule has 0 fully saturated rings. The molecule has 1 heterocycles. The van der Waals surface area contributed by atoms with Gasteiger partial charge in [0.15, 0.2) is 9.84 Å². The molecule has 6 nitrogen and oxygen atoms in total. The summed E-state index contributed by atoms with van der Waals surface area (Å²) in [7, 11) is -3.38. The van der Waals surface area contributed by atoms with Crippen LogP contribution < -0.4 is 5.73 Å². The maximum absolute atomic E-state index is 12.2. The van der Waals surface area contributed by atoms with Crippen molar-refractivity contribution in [1.82, 2.24) is 15.0 Å². The minimum atomic E-state index is -3.38. The van der Waals surface area contributed by atoms with E-state index in [-0.39, 0.29) is 17.2 Å². The Morgan fingerprint density at radius 2 is 1.90 bits per heavy atom. The second-order valence-corrected chi connectivity index (χ2v) is 7.91. The molecule has 0 unspecified atom stereocenters. The van der Waals surface area contributed by atoms with Gasteiger partial charge in [0.1, 0.15) is 5.69 Å². The van der Waals surface area contributed by atoms with Crippen LogP contribution in [0.25, 0.3) is 0 Å². The molecule has 2 aromatic rings. The molecule has 0 radical (unpaired) electrons. The highest BCUT2D eigenvalue weighted by Gasteiger charge is 2.19. The normalized spacial score (nSPS) is 12.6. The van der Waals surface area contributed by atoms with E-state index in [0.717, 1.165) is 0 Å². The highest BCUT2D eigenvalue weighted by molar-refractivity contribution is 7.91. The second kappa shape index (κ2) is 5.75. The van der Waals surface area contributed by atoms with Gasteiger partial charge < -0.3 is 5.73 Å². The molecule has 8 heteroatoms. The van der Waals surface area contributed by atoms with E-state index in [1.165, 1.54) is 16.8 Å². The number of aryl methyl sites for hydroxylation is 1. The van der Waals surface area contributed by atoms with E-state index in [4.69, 9.17) is 17.3 Å². The van der Waals surface area contributed by atoms with Crippen LogP contribution in [0.15, 0.2) is 35.4 Å². The first-order valence-corrected chi connectivity index (χ1v) is 8.39. The average molecular weight is 329 g/mol. The molecule has 2 rings (SSSR count). The Morgan fingerprint density at radius 3 is 2.43 bits per heavy atom. The number of hydrogen-bond donors (Lipinski definition) is 1. The summed E-state index contributed by atoms with van der Waals surface area (Å²) in [5.41, 5.74) is 5.92. The van der Waals surface area contributed by atoms with Gasteiger partial charge in [0, 0.05) is 5.02 Å². The van der Waals surface area contributed by atoms with Crippen molar-refractivity contribution in [2.24, 2.45) is 5.73 Å². The minimum Gasteiger partial charge on any atom is -0.320 e. The molecular weight excluding hydrogens is 312 g/mol. The molecule has 0 saturated heterocycles. The summed E-state index contributed by atoms with van der Waals surface area (Å²) in [4.78, 5) is 0.242. The zero-order valence-electron chi connectivity index (χ0n) is 11.8. The summed E-state index contributed by atoms with van der Waals surface area (Å²) < 4.78 is 25.9. The van der Waals surface area contributed by atoms with Gasteiger partial charge >= 0.3 is 0 Å². The van der Waals surface area contributed by atoms with Gasteiger partial charge in [0.25, 0.3) is 0 Å². The van der Waals surface area contributed by atoms with E-state index in [0.29, 0.717) is 10.7 Å². The van der Waals surface area contributed by atoms with E-state index in [9.17, 15) is 8.42 Å². The summed E-state index contributed by atoms with van der Waals surface area (Å²) in [6.07, 6.45) is 1.66. The van der Waals surface area contributed by atoms with Gasteiger partial charge in [-0.05, 0) is 38.1 Å². The van der Waals surface area contributed by atoms with E-state index in [1.807, 2.05) is 13.8 Å². The van der Waals surface area contributed by atoms with Gasteiger partial charge in [-0.1, -0.05) is 16.8 Å². The number of aromatic nitrogens is 3. The highest BCUT2D eigenvalue weighted by Crippen LogP contribution is 2.16. The lowest BCUT2D eigenvalue weighted by Crippen LogP contribution is -2.29. The van der Waals surface area contributed by atoms with Crippen LogP contribution in [0.3, 0.4) is 0 Å². The fraction of sp³-hybridized carbons (Fsp3) is 0.385. The topological polar surface area (TPSA) is 90.9 Å². The molecule has 0 saturated carbocycles.